The summed E-state index contributed by atoms with van der Waals surface area (Å²) in [5.74, 6) is -0.886. The average molecular weight is 595 g/mol. The van der Waals surface area contributed by atoms with E-state index in [1.807, 2.05) is 18.9 Å². The number of anilines is 2. The quantitative estimate of drug-likeness (QED) is 0.235. The van der Waals surface area contributed by atoms with Crippen molar-refractivity contribution >= 4 is 17.3 Å². The van der Waals surface area contributed by atoms with Crippen LogP contribution in [-0.2, 0) is 12.6 Å². The summed E-state index contributed by atoms with van der Waals surface area (Å²) in [5.41, 5.74) is 0.111. The molecule has 1 fully saturated rings. The topological polar surface area (TPSA) is 83.5 Å². The van der Waals surface area contributed by atoms with Crippen LogP contribution in [0, 0.1) is 5.82 Å². The van der Waals surface area contributed by atoms with Crippen LogP contribution in [0.5, 0.6) is 11.6 Å². The summed E-state index contributed by atoms with van der Waals surface area (Å²) in [4.78, 5) is 30.3. The lowest BCUT2D eigenvalue weighted by Gasteiger charge is -2.29. The van der Waals surface area contributed by atoms with Crippen molar-refractivity contribution in [2.45, 2.75) is 32.0 Å². The zero-order valence-electron chi connectivity index (χ0n) is 23.8. The van der Waals surface area contributed by atoms with E-state index in [0.717, 1.165) is 31.2 Å². The first-order chi connectivity index (χ1) is 20.5. The fraction of sp³-hybridized carbons (Fsp3) is 0.290. The van der Waals surface area contributed by atoms with Gasteiger partial charge in [-0.25, -0.2) is 19.3 Å². The molecule has 0 unspecified atom stereocenters. The fourth-order valence-electron chi connectivity index (χ4n) is 4.97. The van der Waals surface area contributed by atoms with Gasteiger partial charge in [0, 0.05) is 38.4 Å². The van der Waals surface area contributed by atoms with Gasteiger partial charge in [-0.2, -0.15) is 13.2 Å². The maximum Gasteiger partial charge on any atom is 0.416 e. The number of aromatic nitrogens is 3. The summed E-state index contributed by atoms with van der Waals surface area (Å²) in [6.45, 7) is 3.48. The molecule has 2 aromatic carbocycles. The van der Waals surface area contributed by atoms with Gasteiger partial charge in [-0.15, -0.1) is 0 Å². The van der Waals surface area contributed by atoms with Crippen LogP contribution in [0.2, 0.25) is 0 Å². The predicted molar refractivity (Wildman–Crippen MR) is 155 cm³/mol. The maximum absolute atomic E-state index is 15.0. The molecule has 1 N–H and O–H groups in total. The van der Waals surface area contributed by atoms with Gasteiger partial charge in [0.2, 0.25) is 5.88 Å². The molecule has 5 rings (SSSR count). The van der Waals surface area contributed by atoms with Crippen molar-refractivity contribution in [1.82, 2.24) is 19.9 Å². The molecule has 0 saturated carbocycles. The molecule has 1 atom stereocenters. The highest BCUT2D eigenvalue weighted by molar-refractivity contribution is 6.06. The molecule has 1 saturated heterocycles. The van der Waals surface area contributed by atoms with Crippen LogP contribution in [0.4, 0.5) is 28.9 Å². The summed E-state index contributed by atoms with van der Waals surface area (Å²) in [6.07, 6.45) is -0.0545. The monoisotopic (exact) mass is 594 g/mol. The number of carbonyl (C=O) groups excluding carboxylic acids is 1. The number of likely N-dealkylation sites (tertiary alicyclic amines) is 1. The van der Waals surface area contributed by atoms with Crippen molar-refractivity contribution in [2.24, 2.45) is 0 Å². The normalized spacial score (nSPS) is 15.4. The Kier molecular flexibility index (Phi) is 8.58. The van der Waals surface area contributed by atoms with Crippen LogP contribution in [-0.4, -0.2) is 59.0 Å². The second kappa shape index (κ2) is 12.3. The number of halogens is 4. The Balaban J connectivity index is 1.44. The Morgan fingerprint density at radius 3 is 2.65 bits per heavy atom. The molecular weight excluding hydrogens is 564 g/mol. The molecule has 0 aliphatic carbocycles. The van der Waals surface area contributed by atoms with Gasteiger partial charge in [0.15, 0.2) is 0 Å². The molecule has 43 heavy (non-hydrogen) atoms. The fourth-order valence-corrected chi connectivity index (χ4v) is 4.97. The van der Waals surface area contributed by atoms with Crippen molar-refractivity contribution < 1.29 is 27.1 Å². The molecule has 224 valence electrons. The Morgan fingerprint density at radius 1 is 1.12 bits per heavy atom. The third-order valence-electron chi connectivity index (χ3n) is 7.33. The molecule has 0 spiro atoms. The number of amides is 1. The van der Waals surface area contributed by atoms with E-state index in [2.05, 4.69) is 25.2 Å². The van der Waals surface area contributed by atoms with Gasteiger partial charge in [-0.3, -0.25) is 4.79 Å². The molecule has 4 aromatic rings. The van der Waals surface area contributed by atoms with E-state index in [1.165, 1.54) is 24.4 Å². The highest BCUT2D eigenvalue weighted by Gasteiger charge is 2.33. The smallest absolute Gasteiger partial charge is 0.416 e. The average Bonchev–Trinajstić information content (AvgIpc) is 3.43. The number of hydrogen-bond acceptors (Lipinski definition) is 7. The highest BCUT2D eigenvalue weighted by atomic mass is 19.4. The van der Waals surface area contributed by atoms with Gasteiger partial charge in [-0.05, 0) is 74.6 Å². The summed E-state index contributed by atoms with van der Waals surface area (Å²) in [5, 5.41) is 2.51. The summed E-state index contributed by atoms with van der Waals surface area (Å²) >= 11 is 0. The van der Waals surface area contributed by atoms with E-state index in [4.69, 9.17) is 4.74 Å². The van der Waals surface area contributed by atoms with E-state index in [9.17, 15) is 22.4 Å². The minimum absolute atomic E-state index is 0.0294. The Morgan fingerprint density at radius 2 is 1.93 bits per heavy atom. The van der Waals surface area contributed by atoms with Crippen LogP contribution in [0.15, 0.2) is 67.0 Å². The van der Waals surface area contributed by atoms with Gasteiger partial charge >= 0.3 is 6.18 Å². The van der Waals surface area contributed by atoms with Crippen LogP contribution in [0.1, 0.15) is 35.1 Å². The SMILES string of the molecule is CCc1nccc(-c2cccnc2Oc2ccc(F)c(C(=O)Nc3cc(C(F)(F)F)ccc3N(C)[C@H]3CCN(C)C3)c2)n1. The van der Waals surface area contributed by atoms with Gasteiger partial charge < -0.3 is 19.9 Å². The second-order valence-corrected chi connectivity index (χ2v) is 10.3. The highest BCUT2D eigenvalue weighted by Crippen LogP contribution is 2.37. The van der Waals surface area contributed by atoms with Crippen molar-refractivity contribution in [1.29, 1.82) is 0 Å². The number of carbonyl (C=O) groups is 1. The van der Waals surface area contributed by atoms with E-state index in [0.29, 0.717) is 35.7 Å². The van der Waals surface area contributed by atoms with Crippen LogP contribution in [0.3, 0.4) is 0 Å². The van der Waals surface area contributed by atoms with Gasteiger partial charge in [-0.1, -0.05) is 6.92 Å². The number of nitrogens with one attached hydrogen (secondary N) is 1. The molecule has 12 heteroatoms. The first kappa shape index (κ1) is 29.9. The van der Waals surface area contributed by atoms with Crippen LogP contribution in [0.25, 0.3) is 11.3 Å². The number of aryl methyl sites for hydroxylation is 1. The standard InChI is InChI=1S/C31H30F4N6O2/c1-4-28-36-14-11-25(38-28)22-6-5-13-37-30(22)43-21-8-9-24(32)23(17-21)29(42)39-26-16-19(31(33,34)35)7-10-27(26)41(3)20-12-15-40(2)18-20/h5-11,13-14,16-17,20H,4,12,15,18H2,1-3H3,(H,39,42)/t20-/m0/s1. The number of nitrogens with zero attached hydrogens (tertiary/aromatic N) is 5. The number of rotatable bonds is 8. The van der Waals surface area contributed by atoms with E-state index in [1.54, 1.807) is 31.4 Å². The third-order valence-corrected chi connectivity index (χ3v) is 7.33. The first-order valence-electron chi connectivity index (χ1n) is 13.7. The molecule has 0 bridgehead atoms. The molecule has 2 aromatic heterocycles. The number of hydrogen-bond donors (Lipinski definition) is 1. The Labute approximate surface area is 246 Å². The van der Waals surface area contributed by atoms with Crippen molar-refractivity contribution in [3.63, 3.8) is 0 Å². The van der Waals surface area contributed by atoms with Crippen molar-refractivity contribution in [3.8, 4) is 22.9 Å². The molecule has 1 amide bonds. The predicted octanol–water partition coefficient (Wildman–Crippen LogP) is 6.44. The number of ether oxygens (including phenoxy) is 1. The minimum atomic E-state index is -4.63. The first-order valence-corrected chi connectivity index (χ1v) is 13.7. The Hall–Kier alpha value is -4.58. The molecule has 3 heterocycles. The minimum Gasteiger partial charge on any atom is -0.438 e. The molecule has 1 aliphatic rings. The maximum atomic E-state index is 15.0. The lowest BCUT2D eigenvalue weighted by Crippen LogP contribution is -2.34. The lowest BCUT2D eigenvalue weighted by atomic mass is 10.1. The van der Waals surface area contributed by atoms with Gasteiger partial charge in [0.05, 0.1) is 33.8 Å². The zero-order valence-corrected chi connectivity index (χ0v) is 23.8. The molecular formula is C31H30F4N6O2. The molecule has 8 nitrogen and oxygen atoms in total. The third kappa shape index (κ3) is 6.75. The number of likely N-dealkylation sites (N-methyl/N-ethyl adjacent to an activating group) is 2. The van der Waals surface area contributed by atoms with Crippen LogP contribution >= 0.6 is 0 Å². The number of pyridine rings is 1. The van der Waals surface area contributed by atoms with Crippen molar-refractivity contribution in [3.05, 3.63) is 89.8 Å². The Bertz CT molecular complexity index is 1630. The van der Waals surface area contributed by atoms with E-state index < -0.39 is 29.0 Å². The van der Waals surface area contributed by atoms with Gasteiger partial charge in [0.25, 0.3) is 5.91 Å². The van der Waals surface area contributed by atoms with E-state index >= 15 is 0 Å². The van der Waals surface area contributed by atoms with E-state index in [-0.39, 0.29) is 23.4 Å². The summed E-state index contributed by atoms with van der Waals surface area (Å²) in [7, 11) is 3.73. The van der Waals surface area contributed by atoms with Crippen LogP contribution < -0.4 is 15.0 Å². The van der Waals surface area contributed by atoms with Crippen molar-refractivity contribution in [2.75, 3.05) is 37.4 Å². The largest absolute Gasteiger partial charge is 0.438 e. The molecule has 1 aliphatic heterocycles. The lowest BCUT2D eigenvalue weighted by molar-refractivity contribution is -0.137. The second-order valence-electron chi connectivity index (χ2n) is 10.3. The zero-order chi connectivity index (χ0) is 30.7. The molecule has 0 radical (unpaired) electrons. The number of benzene rings is 2. The number of alkyl halides is 3. The summed E-state index contributed by atoms with van der Waals surface area (Å²) < 4.78 is 61.8. The summed E-state index contributed by atoms with van der Waals surface area (Å²) in [6, 6.07) is 12.0. The van der Waals surface area contributed by atoms with Gasteiger partial charge in [0.1, 0.15) is 17.4 Å².